The average Bonchev–Trinajstić information content (AvgIpc) is 2.57. The minimum Gasteiger partial charge on any atom is -0.319 e. The van der Waals surface area contributed by atoms with Crippen LogP contribution in [-0.4, -0.2) is 37.1 Å². The number of likely N-dealkylation sites (tertiary alicyclic amines) is 1. The van der Waals surface area contributed by atoms with E-state index in [4.69, 9.17) is 0 Å². The predicted octanol–water partition coefficient (Wildman–Crippen LogP) is 2.89. The van der Waals surface area contributed by atoms with E-state index >= 15 is 0 Å². The first kappa shape index (κ1) is 14.0. The summed E-state index contributed by atoms with van der Waals surface area (Å²) in [6.07, 6.45) is 5.28. The molecule has 1 aliphatic heterocycles. The maximum absolute atomic E-state index is 3.39. The molecule has 1 N–H and O–H groups in total. The van der Waals surface area contributed by atoms with Gasteiger partial charge in [-0.3, -0.25) is 4.90 Å². The minimum atomic E-state index is 0.420. The second-order valence-corrected chi connectivity index (χ2v) is 6.07. The van der Waals surface area contributed by atoms with Crippen molar-refractivity contribution in [1.82, 2.24) is 10.2 Å². The van der Waals surface area contributed by atoms with E-state index in [1.807, 2.05) is 0 Å². The molecule has 0 unspecified atom stereocenters. The summed E-state index contributed by atoms with van der Waals surface area (Å²) in [5, 5.41) is 3.39. The summed E-state index contributed by atoms with van der Waals surface area (Å²) in [5.41, 5.74) is 0.889. The molecule has 2 nitrogen and oxygen atoms in total. The highest BCUT2D eigenvalue weighted by Gasteiger charge is 2.37. The van der Waals surface area contributed by atoms with Crippen LogP contribution in [0.1, 0.15) is 53.4 Å². The molecule has 0 aromatic heterocycles. The van der Waals surface area contributed by atoms with Gasteiger partial charge in [0.05, 0.1) is 0 Å². The standard InChI is InChI=1S/C14H30N2/c1-6-14(7-2,11-15-5)12-16-10-8-9-13(16,3)4/h15H,6-12H2,1-5H3. The van der Waals surface area contributed by atoms with Crippen LogP contribution in [0.15, 0.2) is 0 Å². The Labute approximate surface area is 102 Å². The predicted molar refractivity (Wildman–Crippen MR) is 71.8 cm³/mol. The molecule has 1 aliphatic rings. The molecule has 1 rings (SSSR count). The van der Waals surface area contributed by atoms with E-state index in [-0.39, 0.29) is 0 Å². The van der Waals surface area contributed by atoms with Gasteiger partial charge >= 0.3 is 0 Å². The summed E-state index contributed by atoms with van der Waals surface area (Å²) in [5.74, 6) is 0. The van der Waals surface area contributed by atoms with Crippen LogP contribution in [0, 0.1) is 5.41 Å². The summed E-state index contributed by atoms with van der Waals surface area (Å²) >= 11 is 0. The summed E-state index contributed by atoms with van der Waals surface area (Å²) < 4.78 is 0. The van der Waals surface area contributed by atoms with Crippen molar-refractivity contribution in [2.75, 3.05) is 26.7 Å². The lowest BCUT2D eigenvalue weighted by molar-refractivity contribution is 0.0878. The SMILES string of the molecule is CCC(CC)(CNC)CN1CCCC1(C)C. The van der Waals surface area contributed by atoms with E-state index in [1.165, 1.54) is 38.8 Å². The smallest absolute Gasteiger partial charge is 0.0153 e. The normalized spacial score (nSPS) is 21.6. The van der Waals surface area contributed by atoms with Crippen molar-refractivity contribution in [3.8, 4) is 0 Å². The zero-order chi connectivity index (χ0) is 12.2. The van der Waals surface area contributed by atoms with Gasteiger partial charge in [-0.05, 0) is 58.5 Å². The van der Waals surface area contributed by atoms with Gasteiger partial charge in [0, 0.05) is 18.6 Å². The molecule has 0 aromatic carbocycles. The fraction of sp³-hybridized carbons (Fsp3) is 1.00. The van der Waals surface area contributed by atoms with Crippen molar-refractivity contribution in [2.24, 2.45) is 5.41 Å². The molecule has 1 saturated heterocycles. The maximum Gasteiger partial charge on any atom is 0.0153 e. The van der Waals surface area contributed by atoms with E-state index in [2.05, 4.69) is 45.0 Å². The number of hydrogen-bond donors (Lipinski definition) is 1. The Kier molecular flexibility index (Phi) is 4.81. The van der Waals surface area contributed by atoms with Gasteiger partial charge in [0.25, 0.3) is 0 Å². The van der Waals surface area contributed by atoms with Crippen molar-refractivity contribution < 1.29 is 0 Å². The molecule has 96 valence electrons. The van der Waals surface area contributed by atoms with Crippen molar-refractivity contribution in [1.29, 1.82) is 0 Å². The molecular weight excluding hydrogens is 196 g/mol. The molecule has 1 fully saturated rings. The van der Waals surface area contributed by atoms with Gasteiger partial charge in [-0.15, -0.1) is 0 Å². The van der Waals surface area contributed by atoms with Crippen molar-refractivity contribution in [3.63, 3.8) is 0 Å². The zero-order valence-electron chi connectivity index (χ0n) is 11.9. The highest BCUT2D eigenvalue weighted by Crippen LogP contribution is 2.34. The monoisotopic (exact) mass is 226 g/mol. The van der Waals surface area contributed by atoms with Crippen LogP contribution < -0.4 is 5.32 Å². The molecule has 0 aliphatic carbocycles. The lowest BCUT2D eigenvalue weighted by Gasteiger charge is -2.41. The molecule has 0 bridgehead atoms. The van der Waals surface area contributed by atoms with Crippen LogP contribution in [0.3, 0.4) is 0 Å². The molecular formula is C14H30N2. The number of rotatable bonds is 6. The molecule has 0 amide bonds. The number of nitrogens with one attached hydrogen (secondary N) is 1. The molecule has 0 aromatic rings. The Morgan fingerprint density at radius 3 is 2.25 bits per heavy atom. The maximum atomic E-state index is 3.39. The third-order valence-electron chi connectivity index (χ3n) is 4.65. The first-order valence-electron chi connectivity index (χ1n) is 6.89. The van der Waals surface area contributed by atoms with Gasteiger partial charge in [-0.2, -0.15) is 0 Å². The Hall–Kier alpha value is -0.0800. The van der Waals surface area contributed by atoms with Gasteiger partial charge in [0.2, 0.25) is 0 Å². The van der Waals surface area contributed by atoms with E-state index in [0.29, 0.717) is 11.0 Å². The van der Waals surface area contributed by atoms with Gasteiger partial charge < -0.3 is 5.32 Å². The summed E-state index contributed by atoms with van der Waals surface area (Å²) in [6, 6.07) is 0. The van der Waals surface area contributed by atoms with Crippen LogP contribution >= 0.6 is 0 Å². The Morgan fingerprint density at radius 2 is 1.88 bits per heavy atom. The third kappa shape index (κ3) is 2.98. The third-order valence-corrected chi connectivity index (χ3v) is 4.65. The van der Waals surface area contributed by atoms with Gasteiger partial charge in [-0.1, -0.05) is 13.8 Å². The van der Waals surface area contributed by atoms with Crippen LogP contribution in [0.5, 0.6) is 0 Å². The Morgan fingerprint density at radius 1 is 1.25 bits per heavy atom. The first-order valence-corrected chi connectivity index (χ1v) is 6.89. The van der Waals surface area contributed by atoms with Gasteiger partial charge in [-0.25, -0.2) is 0 Å². The minimum absolute atomic E-state index is 0.420. The lowest BCUT2D eigenvalue weighted by atomic mass is 9.81. The van der Waals surface area contributed by atoms with Crippen molar-refractivity contribution >= 4 is 0 Å². The van der Waals surface area contributed by atoms with Crippen LogP contribution in [0.25, 0.3) is 0 Å². The quantitative estimate of drug-likeness (QED) is 0.749. The molecule has 0 spiro atoms. The van der Waals surface area contributed by atoms with E-state index in [9.17, 15) is 0 Å². The number of hydrogen-bond acceptors (Lipinski definition) is 2. The second kappa shape index (κ2) is 5.50. The van der Waals surface area contributed by atoms with E-state index in [1.54, 1.807) is 0 Å². The molecule has 0 saturated carbocycles. The van der Waals surface area contributed by atoms with Crippen molar-refractivity contribution in [3.05, 3.63) is 0 Å². The van der Waals surface area contributed by atoms with Gasteiger partial charge in [0.15, 0.2) is 0 Å². The highest BCUT2D eigenvalue weighted by atomic mass is 15.2. The molecule has 0 radical (unpaired) electrons. The highest BCUT2D eigenvalue weighted by molar-refractivity contribution is 4.92. The fourth-order valence-electron chi connectivity index (χ4n) is 3.02. The molecule has 0 atom stereocenters. The summed E-state index contributed by atoms with van der Waals surface area (Å²) in [7, 11) is 2.08. The van der Waals surface area contributed by atoms with E-state index in [0.717, 1.165) is 6.54 Å². The van der Waals surface area contributed by atoms with Crippen LogP contribution in [0.2, 0.25) is 0 Å². The average molecular weight is 226 g/mol. The molecule has 1 heterocycles. The van der Waals surface area contributed by atoms with E-state index < -0.39 is 0 Å². The van der Waals surface area contributed by atoms with Crippen LogP contribution in [0.4, 0.5) is 0 Å². The molecule has 16 heavy (non-hydrogen) atoms. The first-order chi connectivity index (χ1) is 7.49. The lowest BCUT2D eigenvalue weighted by Crippen LogP contribution is -2.48. The Bertz CT molecular complexity index is 207. The zero-order valence-corrected chi connectivity index (χ0v) is 11.9. The number of nitrogens with zero attached hydrogens (tertiary/aromatic N) is 1. The topological polar surface area (TPSA) is 15.3 Å². The van der Waals surface area contributed by atoms with Gasteiger partial charge in [0.1, 0.15) is 0 Å². The largest absolute Gasteiger partial charge is 0.319 e. The molecule has 2 heteroatoms. The van der Waals surface area contributed by atoms with Crippen LogP contribution in [-0.2, 0) is 0 Å². The fourth-order valence-corrected chi connectivity index (χ4v) is 3.02. The van der Waals surface area contributed by atoms with Crippen molar-refractivity contribution in [2.45, 2.75) is 58.9 Å². The second-order valence-electron chi connectivity index (χ2n) is 6.07. The summed E-state index contributed by atoms with van der Waals surface area (Å²) in [4.78, 5) is 2.71. The Balaban J connectivity index is 2.67. The summed E-state index contributed by atoms with van der Waals surface area (Å²) in [6.45, 7) is 13.2.